The summed E-state index contributed by atoms with van der Waals surface area (Å²) in [6.45, 7) is 12.4. The van der Waals surface area contributed by atoms with Crippen molar-refractivity contribution in [1.29, 1.82) is 0 Å². The molecule has 1 saturated heterocycles. The summed E-state index contributed by atoms with van der Waals surface area (Å²) in [5.41, 5.74) is 7.04. The van der Waals surface area contributed by atoms with Crippen LogP contribution in [0.2, 0.25) is 0 Å². The number of ether oxygens (including phenoxy) is 1. The molecule has 2 aromatic heterocycles. The average Bonchev–Trinajstić information content (AvgIpc) is 3.47. The van der Waals surface area contributed by atoms with E-state index in [0.29, 0.717) is 23.6 Å². The van der Waals surface area contributed by atoms with E-state index >= 15 is 0 Å². The van der Waals surface area contributed by atoms with E-state index < -0.39 is 0 Å². The highest BCUT2D eigenvalue weighted by Crippen LogP contribution is 2.33. The average molecular weight is 467 g/mol. The summed E-state index contributed by atoms with van der Waals surface area (Å²) in [5.74, 6) is 1.72. The van der Waals surface area contributed by atoms with Gasteiger partial charge < -0.3 is 15.4 Å². The largest absolute Gasteiger partial charge is 0.492 e. The predicted octanol–water partition coefficient (Wildman–Crippen LogP) is 3.41. The number of para-hydroxylation sites is 1. The van der Waals surface area contributed by atoms with Gasteiger partial charge in [0.05, 0.1) is 5.56 Å². The lowest BCUT2D eigenvalue weighted by molar-refractivity contribution is 0.237. The molecule has 0 saturated carbocycles. The van der Waals surface area contributed by atoms with Gasteiger partial charge in [0, 0.05) is 32.7 Å². The number of nitrogens with zero attached hydrogens (tertiary/aromatic N) is 7. The molecule has 3 heterocycles. The number of piperidine rings is 1. The highest BCUT2D eigenvalue weighted by molar-refractivity contribution is 7.17. The van der Waals surface area contributed by atoms with Gasteiger partial charge in [0.2, 0.25) is 17.0 Å². The predicted molar refractivity (Wildman–Crippen MR) is 133 cm³/mol. The van der Waals surface area contributed by atoms with Crippen LogP contribution in [-0.4, -0.2) is 69.2 Å². The van der Waals surface area contributed by atoms with Gasteiger partial charge in [-0.05, 0) is 31.4 Å². The van der Waals surface area contributed by atoms with Gasteiger partial charge in [0.15, 0.2) is 5.01 Å². The van der Waals surface area contributed by atoms with Gasteiger partial charge in [-0.15, -0.1) is 28.5 Å². The maximum Gasteiger partial charge on any atom is 0.247 e. The molecule has 3 aromatic rings. The summed E-state index contributed by atoms with van der Waals surface area (Å²) in [6, 6.07) is 7.84. The maximum atomic E-state index is 6.16. The van der Waals surface area contributed by atoms with Crippen molar-refractivity contribution in [2.24, 2.45) is 0 Å². The zero-order valence-electron chi connectivity index (χ0n) is 18.8. The van der Waals surface area contributed by atoms with E-state index in [-0.39, 0.29) is 0 Å². The molecule has 0 unspecified atom stereocenters. The minimum absolute atomic E-state index is 0.312. The second-order valence-electron chi connectivity index (χ2n) is 7.80. The van der Waals surface area contributed by atoms with E-state index in [9.17, 15) is 0 Å². The molecule has 0 aliphatic carbocycles. The summed E-state index contributed by atoms with van der Waals surface area (Å²) in [6.07, 6.45) is 7.30. The first-order valence-corrected chi connectivity index (χ1v) is 12.0. The fraction of sp³-hybridized carbons (Fsp3) is 0.391. The van der Waals surface area contributed by atoms with Gasteiger partial charge >= 0.3 is 0 Å². The van der Waals surface area contributed by atoms with Crippen LogP contribution in [0.15, 0.2) is 49.6 Å². The number of nitrogen functional groups attached to an aromatic ring is 1. The molecular weight excluding hydrogens is 436 g/mol. The van der Waals surface area contributed by atoms with Crippen LogP contribution in [0.25, 0.3) is 15.7 Å². The van der Waals surface area contributed by atoms with E-state index in [1.165, 1.54) is 17.8 Å². The van der Waals surface area contributed by atoms with Crippen molar-refractivity contribution in [1.82, 2.24) is 29.9 Å². The van der Waals surface area contributed by atoms with Crippen molar-refractivity contribution in [3.05, 3.63) is 49.6 Å². The SMILES string of the molecule is C=CCN(CC=C)CCOc1ccccc1-c1nnc(-n2nc(N3CCCCC3)nc2N)s1. The fourth-order valence-corrected chi connectivity index (χ4v) is 4.60. The monoisotopic (exact) mass is 466 g/mol. The van der Waals surface area contributed by atoms with Gasteiger partial charge in [-0.3, -0.25) is 4.90 Å². The van der Waals surface area contributed by atoms with E-state index in [1.54, 1.807) is 4.68 Å². The van der Waals surface area contributed by atoms with Crippen molar-refractivity contribution in [2.75, 3.05) is 50.0 Å². The van der Waals surface area contributed by atoms with Crippen LogP contribution in [0, 0.1) is 0 Å². The summed E-state index contributed by atoms with van der Waals surface area (Å²) < 4.78 is 7.67. The summed E-state index contributed by atoms with van der Waals surface area (Å²) in [4.78, 5) is 8.83. The molecule has 0 amide bonds. The van der Waals surface area contributed by atoms with Crippen molar-refractivity contribution in [2.45, 2.75) is 19.3 Å². The summed E-state index contributed by atoms with van der Waals surface area (Å²) in [7, 11) is 0. The van der Waals surface area contributed by atoms with Crippen molar-refractivity contribution in [3.8, 4) is 21.5 Å². The molecule has 1 fully saturated rings. The third kappa shape index (κ3) is 5.58. The molecule has 33 heavy (non-hydrogen) atoms. The molecule has 0 radical (unpaired) electrons. The normalized spacial score (nSPS) is 13.9. The second-order valence-corrected chi connectivity index (χ2v) is 8.76. The lowest BCUT2D eigenvalue weighted by atomic mass is 10.1. The second kappa shape index (κ2) is 11.1. The molecule has 2 N–H and O–H groups in total. The molecule has 174 valence electrons. The molecule has 0 atom stereocenters. The van der Waals surface area contributed by atoms with Crippen LogP contribution in [0.5, 0.6) is 5.75 Å². The third-order valence-electron chi connectivity index (χ3n) is 5.41. The van der Waals surface area contributed by atoms with E-state index in [2.05, 4.69) is 43.2 Å². The first-order valence-electron chi connectivity index (χ1n) is 11.2. The Bertz CT molecular complexity index is 1060. The number of hydrogen-bond donors (Lipinski definition) is 1. The minimum atomic E-state index is 0.312. The van der Waals surface area contributed by atoms with Gasteiger partial charge in [-0.25, -0.2) is 0 Å². The topological polar surface area (TPSA) is 98.2 Å². The van der Waals surface area contributed by atoms with Crippen LogP contribution in [0.1, 0.15) is 19.3 Å². The number of nitrogens with two attached hydrogens (primary N) is 1. The van der Waals surface area contributed by atoms with Crippen molar-refractivity contribution < 1.29 is 4.74 Å². The minimum Gasteiger partial charge on any atom is -0.492 e. The quantitative estimate of drug-likeness (QED) is 0.429. The Hall–Kier alpha value is -3.24. The lowest BCUT2D eigenvalue weighted by Gasteiger charge is -2.24. The Morgan fingerprint density at radius 1 is 1.09 bits per heavy atom. The molecule has 0 bridgehead atoms. The molecular formula is C23H30N8OS. The Kier molecular flexibility index (Phi) is 7.69. The number of aromatic nitrogens is 5. The van der Waals surface area contributed by atoms with Crippen molar-refractivity contribution in [3.63, 3.8) is 0 Å². The number of rotatable bonds is 11. The van der Waals surface area contributed by atoms with Gasteiger partial charge in [0.25, 0.3) is 0 Å². The lowest BCUT2D eigenvalue weighted by Crippen LogP contribution is -2.30. The van der Waals surface area contributed by atoms with Gasteiger partial charge in [-0.1, -0.05) is 35.6 Å². The fourth-order valence-electron chi connectivity index (χ4n) is 3.77. The van der Waals surface area contributed by atoms with Gasteiger partial charge in [-0.2, -0.15) is 9.67 Å². The molecule has 4 rings (SSSR count). The van der Waals surface area contributed by atoms with Crippen LogP contribution in [0.4, 0.5) is 11.9 Å². The van der Waals surface area contributed by atoms with Crippen molar-refractivity contribution >= 4 is 23.2 Å². The molecule has 1 aliphatic rings. The standard InChI is InChI=1S/C23H30N8OS/c1-3-12-29(13-4-2)16-17-32-19-11-7-6-10-18(19)20-26-27-23(33-20)31-21(24)25-22(28-31)30-14-8-5-9-15-30/h3-4,6-7,10-11H,1-2,5,8-9,12-17H2,(H2,24,25,28). The number of hydrogen-bond acceptors (Lipinski definition) is 9. The molecule has 9 nitrogen and oxygen atoms in total. The van der Waals surface area contributed by atoms with E-state index in [1.807, 2.05) is 36.4 Å². The Morgan fingerprint density at radius 2 is 1.85 bits per heavy atom. The van der Waals surface area contributed by atoms with Gasteiger partial charge in [0.1, 0.15) is 12.4 Å². The summed E-state index contributed by atoms with van der Waals surface area (Å²) in [5, 5.41) is 14.6. The molecule has 1 aliphatic heterocycles. The van der Waals surface area contributed by atoms with Crippen LogP contribution >= 0.6 is 11.3 Å². The maximum absolute atomic E-state index is 6.16. The Morgan fingerprint density at radius 3 is 2.61 bits per heavy atom. The molecule has 0 spiro atoms. The van der Waals surface area contributed by atoms with Crippen LogP contribution in [-0.2, 0) is 0 Å². The van der Waals surface area contributed by atoms with Crippen LogP contribution < -0.4 is 15.4 Å². The van der Waals surface area contributed by atoms with E-state index in [4.69, 9.17) is 10.5 Å². The smallest absolute Gasteiger partial charge is 0.247 e. The first kappa shape index (κ1) is 22.9. The summed E-state index contributed by atoms with van der Waals surface area (Å²) >= 11 is 1.41. The zero-order valence-corrected chi connectivity index (χ0v) is 19.6. The van der Waals surface area contributed by atoms with E-state index in [0.717, 1.165) is 61.9 Å². The Labute approximate surface area is 198 Å². The molecule has 1 aromatic carbocycles. The molecule has 10 heteroatoms. The first-order chi connectivity index (χ1) is 16.2. The Balaban J connectivity index is 1.48. The number of anilines is 2. The van der Waals surface area contributed by atoms with Crippen LogP contribution in [0.3, 0.4) is 0 Å². The number of benzene rings is 1. The third-order valence-corrected chi connectivity index (χ3v) is 6.34. The highest BCUT2D eigenvalue weighted by Gasteiger charge is 2.20. The highest BCUT2D eigenvalue weighted by atomic mass is 32.1. The zero-order chi connectivity index (χ0) is 23.0.